The van der Waals surface area contributed by atoms with Crippen molar-refractivity contribution >= 4 is 11.7 Å². The predicted octanol–water partition coefficient (Wildman–Crippen LogP) is 1.02. The number of anilines is 1. The van der Waals surface area contributed by atoms with Crippen molar-refractivity contribution in [3.05, 3.63) is 36.0 Å². The van der Waals surface area contributed by atoms with Gasteiger partial charge in [-0.3, -0.25) is 9.63 Å². The van der Waals surface area contributed by atoms with Gasteiger partial charge in [0.15, 0.2) is 5.82 Å². The van der Waals surface area contributed by atoms with Crippen LogP contribution in [0.1, 0.15) is 23.2 Å². The molecule has 1 saturated heterocycles. The SMILES string of the molecule is NC(=O)c1ccc(N2O[C@H]3C=C[C@@H]2CC3)nc1. The number of carbonyl (C=O) groups excluding carboxylic acids is 1. The van der Waals surface area contributed by atoms with Crippen LogP contribution in [0, 0.1) is 0 Å². The summed E-state index contributed by atoms with van der Waals surface area (Å²) in [7, 11) is 0. The van der Waals surface area contributed by atoms with Crippen LogP contribution in [0.15, 0.2) is 30.5 Å². The van der Waals surface area contributed by atoms with E-state index < -0.39 is 5.91 Å². The Kier molecular flexibility index (Phi) is 2.33. The largest absolute Gasteiger partial charge is 0.366 e. The molecule has 0 radical (unpaired) electrons. The first-order valence-corrected chi connectivity index (χ1v) is 5.64. The van der Waals surface area contributed by atoms with Crippen LogP contribution in [0.4, 0.5) is 5.82 Å². The van der Waals surface area contributed by atoms with Gasteiger partial charge >= 0.3 is 0 Å². The van der Waals surface area contributed by atoms with Crippen LogP contribution in [0.3, 0.4) is 0 Å². The average molecular weight is 231 g/mol. The molecular weight excluding hydrogens is 218 g/mol. The first-order chi connectivity index (χ1) is 8.24. The van der Waals surface area contributed by atoms with Gasteiger partial charge in [-0.1, -0.05) is 12.2 Å². The lowest BCUT2D eigenvalue weighted by atomic mass is 9.98. The maximum atomic E-state index is 10.9. The quantitative estimate of drug-likeness (QED) is 0.771. The predicted molar refractivity (Wildman–Crippen MR) is 62.3 cm³/mol. The summed E-state index contributed by atoms with van der Waals surface area (Å²) in [5.74, 6) is 0.249. The molecule has 3 heterocycles. The Bertz CT molecular complexity index is 469. The molecule has 5 heteroatoms. The van der Waals surface area contributed by atoms with Crippen LogP contribution in [0.5, 0.6) is 0 Å². The number of carbonyl (C=O) groups is 1. The lowest BCUT2D eigenvalue weighted by Crippen LogP contribution is -2.46. The molecule has 88 valence electrons. The molecule has 2 atom stereocenters. The van der Waals surface area contributed by atoms with Gasteiger partial charge in [-0.2, -0.15) is 0 Å². The van der Waals surface area contributed by atoms with Gasteiger partial charge in [0.05, 0.1) is 11.6 Å². The van der Waals surface area contributed by atoms with Gasteiger partial charge in [0.2, 0.25) is 5.91 Å². The van der Waals surface area contributed by atoms with E-state index in [0.29, 0.717) is 11.4 Å². The Hall–Kier alpha value is -1.88. The fourth-order valence-electron chi connectivity index (χ4n) is 2.17. The fraction of sp³-hybridized carbons (Fsp3) is 0.333. The van der Waals surface area contributed by atoms with Crippen molar-refractivity contribution in [2.24, 2.45) is 5.73 Å². The van der Waals surface area contributed by atoms with E-state index in [2.05, 4.69) is 17.1 Å². The van der Waals surface area contributed by atoms with Crippen molar-refractivity contribution < 1.29 is 9.63 Å². The van der Waals surface area contributed by atoms with E-state index in [0.717, 1.165) is 12.8 Å². The summed E-state index contributed by atoms with van der Waals surface area (Å²) in [6.45, 7) is 0. The van der Waals surface area contributed by atoms with Gasteiger partial charge in [-0.15, -0.1) is 0 Å². The number of nitrogens with zero attached hydrogens (tertiary/aromatic N) is 2. The molecule has 17 heavy (non-hydrogen) atoms. The Morgan fingerprint density at radius 2 is 2.29 bits per heavy atom. The van der Waals surface area contributed by atoms with Crippen LogP contribution in [-0.4, -0.2) is 23.0 Å². The highest BCUT2D eigenvalue weighted by Crippen LogP contribution is 2.30. The fourth-order valence-corrected chi connectivity index (χ4v) is 2.17. The van der Waals surface area contributed by atoms with E-state index >= 15 is 0 Å². The Balaban J connectivity index is 1.85. The zero-order valence-electron chi connectivity index (χ0n) is 9.24. The second-order valence-corrected chi connectivity index (χ2v) is 4.27. The minimum Gasteiger partial charge on any atom is -0.366 e. The minimum absolute atomic E-state index is 0.151. The highest BCUT2D eigenvalue weighted by atomic mass is 16.7. The molecule has 1 aromatic heterocycles. The van der Waals surface area contributed by atoms with Crippen molar-refractivity contribution in [2.45, 2.75) is 25.0 Å². The number of hydrogen-bond donors (Lipinski definition) is 1. The zero-order valence-corrected chi connectivity index (χ0v) is 9.24. The van der Waals surface area contributed by atoms with Gasteiger partial charge in [0.25, 0.3) is 0 Å². The minimum atomic E-state index is -0.468. The molecule has 1 aliphatic carbocycles. The molecule has 2 N–H and O–H groups in total. The third kappa shape index (κ3) is 1.78. The van der Waals surface area contributed by atoms with E-state index in [1.54, 1.807) is 17.2 Å². The summed E-state index contributed by atoms with van der Waals surface area (Å²) in [6.07, 6.45) is 7.98. The van der Waals surface area contributed by atoms with Gasteiger partial charge < -0.3 is 5.73 Å². The summed E-state index contributed by atoms with van der Waals surface area (Å²) >= 11 is 0. The maximum absolute atomic E-state index is 10.9. The van der Waals surface area contributed by atoms with Crippen LogP contribution in [0.25, 0.3) is 0 Å². The molecule has 1 aromatic rings. The van der Waals surface area contributed by atoms with Crippen molar-refractivity contribution in [2.75, 3.05) is 5.06 Å². The van der Waals surface area contributed by atoms with Crippen molar-refractivity contribution in [1.29, 1.82) is 0 Å². The molecule has 1 fully saturated rings. The second-order valence-electron chi connectivity index (χ2n) is 4.27. The molecule has 2 bridgehead atoms. The zero-order chi connectivity index (χ0) is 11.8. The Morgan fingerprint density at radius 1 is 1.41 bits per heavy atom. The van der Waals surface area contributed by atoms with Crippen LogP contribution < -0.4 is 10.8 Å². The normalized spacial score (nSPS) is 26.2. The van der Waals surface area contributed by atoms with Gasteiger partial charge in [-0.05, 0) is 25.0 Å². The number of rotatable bonds is 2. The smallest absolute Gasteiger partial charge is 0.250 e. The monoisotopic (exact) mass is 231 g/mol. The number of fused-ring (bicyclic) bond motifs is 2. The van der Waals surface area contributed by atoms with Gasteiger partial charge in [-0.25, -0.2) is 10.0 Å². The molecule has 1 amide bonds. The van der Waals surface area contributed by atoms with Gasteiger partial charge in [0.1, 0.15) is 6.10 Å². The van der Waals surface area contributed by atoms with E-state index in [9.17, 15) is 4.79 Å². The van der Waals surface area contributed by atoms with Crippen LogP contribution in [0.2, 0.25) is 0 Å². The standard InChI is InChI=1S/C12H13N3O2/c13-12(16)8-1-6-11(14-7-8)15-9-2-4-10(17-15)5-3-9/h1-2,4,6-7,9-10H,3,5H2,(H2,13,16)/t9-,10+/m1/s1. The number of primary amides is 1. The van der Waals surface area contributed by atoms with Crippen molar-refractivity contribution in [3.63, 3.8) is 0 Å². The number of amides is 1. The first kappa shape index (κ1) is 10.3. The molecule has 2 aliphatic heterocycles. The molecular formula is C12H13N3O2. The molecule has 4 rings (SSSR count). The third-order valence-electron chi connectivity index (χ3n) is 3.10. The second kappa shape index (κ2) is 3.85. The number of hydrogen-bond acceptors (Lipinski definition) is 4. The molecule has 5 nitrogen and oxygen atoms in total. The summed E-state index contributed by atoms with van der Waals surface area (Å²) in [5.41, 5.74) is 5.58. The molecule has 0 saturated carbocycles. The summed E-state index contributed by atoms with van der Waals surface area (Å²) in [6, 6.07) is 3.67. The Morgan fingerprint density at radius 3 is 2.76 bits per heavy atom. The lowest BCUT2D eigenvalue weighted by Gasteiger charge is -2.40. The number of hydroxylamine groups is 1. The number of nitrogens with two attached hydrogens (primary N) is 1. The summed E-state index contributed by atoms with van der Waals surface area (Å²) < 4.78 is 0. The number of pyridine rings is 1. The summed E-state index contributed by atoms with van der Waals surface area (Å²) in [5, 5.41) is 1.80. The molecule has 0 aromatic carbocycles. The topological polar surface area (TPSA) is 68.5 Å². The third-order valence-corrected chi connectivity index (χ3v) is 3.10. The maximum Gasteiger partial charge on any atom is 0.250 e. The molecule has 0 spiro atoms. The lowest BCUT2D eigenvalue weighted by molar-refractivity contribution is 0.00214. The van der Waals surface area contributed by atoms with Crippen molar-refractivity contribution in [1.82, 2.24) is 4.98 Å². The number of aromatic nitrogens is 1. The summed E-state index contributed by atoms with van der Waals surface area (Å²) in [4.78, 5) is 20.9. The van der Waals surface area contributed by atoms with Crippen molar-refractivity contribution in [3.8, 4) is 0 Å². The van der Waals surface area contributed by atoms with E-state index in [4.69, 9.17) is 10.6 Å². The van der Waals surface area contributed by atoms with E-state index in [1.165, 1.54) is 6.20 Å². The van der Waals surface area contributed by atoms with E-state index in [-0.39, 0.29) is 12.1 Å². The first-order valence-electron chi connectivity index (χ1n) is 5.64. The highest BCUT2D eigenvalue weighted by Gasteiger charge is 2.31. The van der Waals surface area contributed by atoms with E-state index in [1.807, 2.05) is 0 Å². The molecule has 3 aliphatic rings. The molecule has 0 unspecified atom stereocenters. The van der Waals surface area contributed by atoms with Gasteiger partial charge in [0, 0.05) is 6.20 Å². The van der Waals surface area contributed by atoms with Crippen LogP contribution in [-0.2, 0) is 4.84 Å². The highest BCUT2D eigenvalue weighted by molar-refractivity contribution is 5.92. The van der Waals surface area contributed by atoms with Crippen LogP contribution >= 0.6 is 0 Å². The Labute approximate surface area is 98.8 Å². The average Bonchev–Trinajstić information content (AvgIpc) is 2.40.